The van der Waals surface area contributed by atoms with Crippen molar-refractivity contribution in [2.24, 2.45) is 0 Å². The van der Waals surface area contributed by atoms with Gasteiger partial charge in [0.15, 0.2) is 0 Å². The lowest BCUT2D eigenvalue weighted by Crippen LogP contribution is -2.32. The Morgan fingerprint density at radius 3 is 2.32 bits per heavy atom. The first kappa shape index (κ1) is 15.5. The number of hydrogen-bond donors (Lipinski definition) is 1. The maximum atomic E-state index is 12.5. The van der Waals surface area contributed by atoms with Crippen LogP contribution in [-0.2, 0) is 6.42 Å². The Morgan fingerprint density at radius 1 is 1.16 bits per heavy atom. The normalized spacial score (nSPS) is 10.5. The minimum atomic E-state index is 0.0650. The zero-order valence-corrected chi connectivity index (χ0v) is 12.3. The van der Waals surface area contributed by atoms with Gasteiger partial charge in [0.25, 0.3) is 5.91 Å². The summed E-state index contributed by atoms with van der Waals surface area (Å²) in [6.45, 7) is 7.83. The number of carbonyl (C=O) groups excluding carboxylic acids is 1. The Morgan fingerprint density at radius 2 is 1.79 bits per heavy atom. The summed E-state index contributed by atoms with van der Waals surface area (Å²) in [4.78, 5) is 18.6. The predicted octanol–water partition coefficient (Wildman–Crippen LogP) is 2.88. The van der Waals surface area contributed by atoms with E-state index in [1.54, 1.807) is 6.07 Å². The van der Waals surface area contributed by atoms with Gasteiger partial charge in [-0.05, 0) is 31.4 Å². The molecule has 0 saturated carbocycles. The molecular weight excluding hydrogens is 238 g/mol. The largest absolute Gasteiger partial charge is 0.384 e. The van der Waals surface area contributed by atoms with Gasteiger partial charge in [-0.3, -0.25) is 4.79 Å². The molecule has 0 atom stereocenters. The van der Waals surface area contributed by atoms with Gasteiger partial charge in [0.05, 0.1) is 0 Å². The SMILES string of the molecule is CCCc1cc(C(=O)N(CCC)CCC)cc(N)n1. The van der Waals surface area contributed by atoms with Crippen molar-refractivity contribution in [3.63, 3.8) is 0 Å². The van der Waals surface area contributed by atoms with Crippen LogP contribution in [0.25, 0.3) is 0 Å². The molecule has 0 fully saturated rings. The molecule has 0 saturated heterocycles. The highest BCUT2D eigenvalue weighted by atomic mass is 16.2. The highest BCUT2D eigenvalue weighted by Gasteiger charge is 2.15. The lowest BCUT2D eigenvalue weighted by molar-refractivity contribution is 0.0755. The van der Waals surface area contributed by atoms with Crippen LogP contribution in [0.15, 0.2) is 12.1 Å². The van der Waals surface area contributed by atoms with E-state index in [-0.39, 0.29) is 5.91 Å². The van der Waals surface area contributed by atoms with E-state index in [2.05, 4.69) is 25.8 Å². The van der Waals surface area contributed by atoms with Gasteiger partial charge in [0, 0.05) is 24.3 Å². The second kappa shape index (κ2) is 7.77. The Hall–Kier alpha value is -1.58. The van der Waals surface area contributed by atoms with Gasteiger partial charge in [-0.2, -0.15) is 0 Å². The van der Waals surface area contributed by atoms with E-state index in [1.807, 2.05) is 11.0 Å². The molecule has 2 N–H and O–H groups in total. The molecule has 0 radical (unpaired) electrons. The molecule has 1 aromatic heterocycles. The van der Waals surface area contributed by atoms with Gasteiger partial charge in [0.2, 0.25) is 0 Å². The fourth-order valence-electron chi connectivity index (χ4n) is 2.16. The minimum Gasteiger partial charge on any atom is -0.384 e. The standard InChI is InChI=1S/C15H25N3O/c1-4-7-13-10-12(11-14(16)17-13)15(19)18(8-5-2)9-6-3/h10-11H,4-9H2,1-3H3,(H2,16,17). The van der Waals surface area contributed by atoms with Gasteiger partial charge in [-0.1, -0.05) is 27.2 Å². The van der Waals surface area contributed by atoms with Crippen LogP contribution in [0.5, 0.6) is 0 Å². The summed E-state index contributed by atoms with van der Waals surface area (Å²) in [5, 5.41) is 0. The van der Waals surface area contributed by atoms with Crippen LogP contribution >= 0.6 is 0 Å². The molecule has 1 aromatic rings. The molecule has 0 unspecified atom stereocenters. The number of amides is 1. The zero-order chi connectivity index (χ0) is 14.3. The highest BCUT2D eigenvalue weighted by molar-refractivity contribution is 5.95. The van der Waals surface area contributed by atoms with Crippen LogP contribution < -0.4 is 5.73 Å². The van der Waals surface area contributed by atoms with E-state index < -0.39 is 0 Å². The summed E-state index contributed by atoms with van der Waals surface area (Å²) >= 11 is 0. The summed E-state index contributed by atoms with van der Waals surface area (Å²) in [5.41, 5.74) is 7.36. The summed E-state index contributed by atoms with van der Waals surface area (Å²) < 4.78 is 0. The number of anilines is 1. The first-order chi connectivity index (χ1) is 9.12. The van der Waals surface area contributed by atoms with Crippen molar-refractivity contribution in [3.05, 3.63) is 23.4 Å². The van der Waals surface area contributed by atoms with Crippen molar-refractivity contribution >= 4 is 11.7 Å². The van der Waals surface area contributed by atoms with E-state index in [0.29, 0.717) is 11.4 Å². The number of aromatic nitrogens is 1. The van der Waals surface area contributed by atoms with Crippen LogP contribution in [-0.4, -0.2) is 28.9 Å². The van der Waals surface area contributed by atoms with Crippen molar-refractivity contribution in [1.29, 1.82) is 0 Å². The molecule has 1 rings (SSSR count). The highest BCUT2D eigenvalue weighted by Crippen LogP contribution is 2.13. The third-order valence-electron chi connectivity index (χ3n) is 2.93. The summed E-state index contributed by atoms with van der Waals surface area (Å²) in [7, 11) is 0. The molecule has 0 aliphatic rings. The third-order valence-corrected chi connectivity index (χ3v) is 2.93. The van der Waals surface area contributed by atoms with E-state index in [4.69, 9.17) is 5.73 Å². The average molecular weight is 263 g/mol. The van der Waals surface area contributed by atoms with Crippen LogP contribution in [0.3, 0.4) is 0 Å². The van der Waals surface area contributed by atoms with Gasteiger partial charge in [-0.25, -0.2) is 4.98 Å². The molecule has 4 heteroatoms. The van der Waals surface area contributed by atoms with Crippen molar-refractivity contribution in [1.82, 2.24) is 9.88 Å². The van der Waals surface area contributed by atoms with E-state index in [1.165, 1.54) is 0 Å². The molecule has 0 spiro atoms. The van der Waals surface area contributed by atoms with Crippen LogP contribution in [0, 0.1) is 0 Å². The fraction of sp³-hybridized carbons (Fsp3) is 0.600. The minimum absolute atomic E-state index is 0.0650. The molecular formula is C15H25N3O. The number of rotatable bonds is 7. The lowest BCUT2D eigenvalue weighted by atomic mass is 10.1. The topological polar surface area (TPSA) is 59.2 Å². The quantitative estimate of drug-likeness (QED) is 0.823. The van der Waals surface area contributed by atoms with Crippen LogP contribution in [0.4, 0.5) is 5.82 Å². The molecule has 0 aliphatic carbocycles. The summed E-state index contributed by atoms with van der Waals surface area (Å²) in [6, 6.07) is 3.56. The van der Waals surface area contributed by atoms with E-state index in [9.17, 15) is 4.79 Å². The lowest BCUT2D eigenvalue weighted by Gasteiger charge is -2.21. The number of pyridine rings is 1. The Labute approximate surface area is 116 Å². The maximum absolute atomic E-state index is 12.5. The Bertz CT molecular complexity index is 412. The second-order valence-corrected chi connectivity index (χ2v) is 4.81. The first-order valence-corrected chi connectivity index (χ1v) is 7.18. The number of nitrogens with two attached hydrogens (primary N) is 1. The molecule has 0 aromatic carbocycles. The van der Waals surface area contributed by atoms with Crippen LogP contribution in [0.1, 0.15) is 56.1 Å². The number of aryl methyl sites for hydroxylation is 1. The van der Waals surface area contributed by atoms with Crippen molar-refractivity contribution in [3.8, 4) is 0 Å². The monoisotopic (exact) mass is 263 g/mol. The van der Waals surface area contributed by atoms with Crippen molar-refractivity contribution in [2.45, 2.75) is 46.5 Å². The maximum Gasteiger partial charge on any atom is 0.254 e. The molecule has 1 amide bonds. The number of hydrogen-bond acceptors (Lipinski definition) is 3. The Balaban J connectivity index is 2.95. The zero-order valence-electron chi connectivity index (χ0n) is 12.3. The second-order valence-electron chi connectivity index (χ2n) is 4.81. The van der Waals surface area contributed by atoms with E-state index >= 15 is 0 Å². The van der Waals surface area contributed by atoms with Crippen LogP contribution in [0.2, 0.25) is 0 Å². The summed E-state index contributed by atoms with van der Waals surface area (Å²) in [6.07, 6.45) is 3.78. The fourth-order valence-corrected chi connectivity index (χ4v) is 2.16. The first-order valence-electron chi connectivity index (χ1n) is 7.18. The third kappa shape index (κ3) is 4.54. The molecule has 4 nitrogen and oxygen atoms in total. The number of carbonyl (C=O) groups is 1. The van der Waals surface area contributed by atoms with Gasteiger partial charge >= 0.3 is 0 Å². The summed E-state index contributed by atoms with van der Waals surface area (Å²) in [5.74, 6) is 0.498. The molecule has 0 aliphatic heterocycles. The van der Waals surface area contributed by atoms with Gasteiger partial charge < -0.3 is 10.6 Å². The molecule has 0 bridgehead atoms. The number of nitrogens with zero attached hydrogens (tertiary/aromatic N) is 2. The molecule has 106 valence electrons. The molecule has 19 heavy (non-hydrogen) atoms. The van der Waals surface area contributed by atoms with Crippen molar-refractivity contribution in [2.75, 3.05) is 18.8 Å². The molecule has 1 heterocycles. The van der Waals surface area contributed by atoms with Gasteiger partial charge in [-0.15, -0.1) is 0 Å². The number of nitrogen functional groups attached to an aromatic ring is 1. The van der Waals surface area contributed by atoms with Crippen molar-refractivity contribution < 1.29 is 4.79 Å². The predicted molar refractivity (Wildman–Crippen MR) is 79.1 cm³/mol. The smallest absolute Gasteiger partial charge is 0.254 e. The Kier molecular flexibility index (Phi) is 6.33. The average Bonchev–Trinajstić information content (AvgIpc) is 2.37. The van der Waals surface area contributed by atoms with Gasteiger partial charge in [0.1, 0.15) is 5.82 Å². The van der Waals surface area contributed by atoms with E-state index in [0.717, 1.165) is 44.5 Å².